The molecule has 138 valence electrons. The van der Waals surface area contributed by atoms with Gasteiger partial charge in [-0.2, -0.15) is 0 Å². The Morgan fingerprint density at radius 3 is 2.42 bits per heavy atom. The molecule has 0 radical (unpaired) electrons. The molecule has 5 heteroatoms. The van der Waals surface area contributed by atoms with Crippen molar-refractivity contribution in [2.45, 2.75) is 32.2 Å². The smallest absolute Gasteiger partial charge is 0.255 e. The van der Waals surface area contributed by atoms with Crippen LogP contribution in [0, 0.1) is 0 Å². The maximum Gasteiger partial charge on any atom is 0.255 e. The number of hydrogen-bond acceptors (Lipinski definition) is 4. The minimum Gasteiger partial charge on any atom is -0.493 e. The van der Waals surface area contributed by atoms with Crippen molar-refractivity contribution in [3.8, 4) is 11.5 Å². The highest BCUT2D eigenvalue weighted by Gasteiger charge is 2.40. The number of hydrogen-bond donors (Lipinski definition) is 1. The Morgan fingerprint density at radius 2 is 1.77 bits per heavy atom. The number of carbonyl (C=O) groups is 1. The van der Waals surface area contributed by atoms with Crippen LogP contribution < -0.4 is 19.7 Å². The highest BCUT2D eigenvalue weighted by atomic mass is 16.5. The zero-order valence-corrected chi connectivity index (χ0v) is 16.2. The number of benzene rings is 2. The van der Waals surface area contributed by atoms with Gasteiger partial charge in [0.2, 0.25) is 0 Å². The molecule has 3 rings (SSSR count). The van der Waals surface area contributed by atoms with E-state index in [1.807, 2.05) is 12.1 Å². The fraction of sp³-hybridized carbons (Fsp3) is 0.381. The normalized spacial score (nSPS) is 17.6. The summed E-state index contributed by atoms with van der Waals surface area (Å²) < 4.78 is 10.5. The van der Waals surface area contributed by atoms with Gasteiger partial charge in [-0.1, -0.05) is 19.9 Å². The molecule has 1 aliphatic rings. The minimum absolute atomic E-state index is 0.0793. The first kappa shape index (κ1) is 18.1. The van der Waals surface area contributed by atoms with Crippen LogP contribution in [0.5, 0.6) is 11.5 Å². The molecule has 1 N–H and O–H groups in total. The number of anilines is 2. The molecule has 2 aromatic carbocycles. The van der Waals surface area contributed by atoms with Gasteiger partial charge in [-0.05, 0) is 42.8 Å². The highest BCUT2D eigenvalue weighted by molar-refractivity contribution is 6.05. The van der Waals surface area contributed by atoms with E-state index in [0.717, 1.165) is 11.4 Å². The van der Waals surface area contributed by atoms with Gasteiger partial charge in [0.05, 0.1) is 14.2 Å². The largest absolute Gasteiger partial charge is 0.493 e. The maximum absolute atomic E-state index is 12.6. The zero-order valence-electron chi connectivity index (χ0n) is 16.2. The molecule has 0 fully saturated rings. The van der Waals surface area contributed by atoms with Gasteiger partial charge in [0.15, 0.2) is 11.5 Å². The Hall–Kier alpha value is -2.69. The Bertz CT molecular complexity index is 845. The Balaban J connectivity index is 1.86. The van der Waals surface area contributed by atoms with E-state index in [9.17, 15) is 4.79 Å². The molecular formula is C21H26N2O3. The number of carbonyl (C=O) groups excluding carboxylic acids is 1. The second-order valence-electron chi connectivity index (χ2n) is 7.26. The Labute approximate surface area is 154 Å². The fourth-order valence-electron chi connectivity index (χ4n) is 3.54. The predicted octanol–water partition coefficient (Wildman–Crippen LogP) is 4.07. The molecule has 1 aliphatic heterocycles. The molecule has 0 spiro atoms. The zero-order chi connectivity index (χ0) is 19.1. The van der Waals surface area contributed by atoms with Crippen LogP contribution in [0.4, 0.5) is 11.4 Å². The van der Waals surface area contributed by atoms with Crippen LogP contribution in [0.3, 0.4) is 0 Å². The number of rotatable bonds is 4. The third-order valence-corrected chi connectivity index (χ3v) is 5.60. The lowest BCUT2D eigenvalue weighted by Gasteiger charge is -2.28. The summed E-state index contributed by atoms with van der Waals surface area (Å²) in [7, 11) is 5.22. The quantitative estimate of drug-likeness (QED) is 0.899. The molecular weight excluding hydrogens is 328 g/mol. The van der Waals surface area contributed by atoms with Gasteiger partial charge in [-0.15, -0.1) is 0 Å². The lowest BCUT2D eigenvalue weighted by atomic mass is 9.81. The van der Waals surface area contributed by atoms with Crippen molar-refractivity contribution in [1.82, 2.24) is 0 Å². The van der Waals surface area contributed by atoms with Crippen molar-refractivity contribution in [3.05, 3.63) is 47.5 Å². The highest BCUT2D eigenvalue weighted by Crippen LogP contribution is 2.45. The van der Waals surface area contributed by atoms with Crippen molar-refractivity contribution in [3.63, 3.8) is 0 Å². The van der Waals surface area contributed by atoms with Gasteiger partial charge in [0.25, 0.3) is 5.91 Å². The summed E-state index contributed by atoms with van der Waals surface area (Å²) in [5.41, 5.74) is 3.84. The topological polar surface area (TPSA) is 50.8 Å². The molecule has 1 atom stereocenters. The number of fused-ring (bicyclic) bond motifs is 1. The number of ether oxygens (including phenoxy) is 2. The summed E-state index contributed by atoms with van der Waals surface area (Å²) in [4.78, 5) is 14.9. The van der Waals surface area contributed by atoms with Crippen LogP contribution in [-0.2, 0) is 5.41 Å². The lowest BCUT2D eigenvalue weighted by Crippen LogP contribution is -2.36. The fourth-order valence-corrected chi connectivity index (χ4v) is 3.54. The summed E-state index contributed by atoms with van der Waals surface area (Å²) >= 11 is 0. The molecule has 0 bridgehead atoms. The SMILES string of the molecule is COc1ccc(C(=O)Nc2ccc3c(c2)N(C)[C@@H](C)C3(C)C)cc1OC. The molecule has 5 nitrogen and oxygen atoms in total. The standard InChI is InChI=1S/C21H26N2O3/c1-13-21(2,3)16-9-8-15(12-17(16)23(13)4)22-20(24)14-7-10-18(25-5)19(11-14)26-6/h7-13H,1-6H3,(H,22,24)/t13-/m0/s1. The maximum atomic E-state index is 12.6. The minimum atomic E-state index is -0.182. The van der Waals surface area contributed by atoms with Crippen molar-refractivity contribution in [2.75, 3.05) is 31.5 Å². The number of likely N-dealkylation sites (N-methyl/N-ethyl adjacent to an activating group) is 1. The molecule has 1 amide bonds. The van der Waals surface area contributed by atoms with Crippen molar-refractivity contribution < 1.29 is 14.3 Å². The van der Waals surface area contributed by atoms with Crippen LogP contribution in [0.2, 0.25) is 0 Å². The van der Waals surface area contributed by atoms with Gasteiger partial charge >= 0.3 is 0 Å². The van der Waals surface area contributed by atoms with Gasteiger partial charge in [0.1, 0.15) is 0 Å². The first-order chi connectivity index (χ1) is 12.3. The summed E-state index contributed by atoms with van der Waals surface area (Å²) in [5.74, 6) is 0.947. The monoisotopic (exact) mass is 354 g/mol. The molecule has 26 heavy (non-hydrogen) atoms. The van der Waals surface area contributed by atoms with E-state index in [0.29, 0.717) is 23.1 Å². The predicted molar refractivity (Wildman–Crippen MR) is 105 cm³/mol. The van der Waals surface area contributed by atoms with Crippen molar-refractivity contribution in [2.24, 2.45) is 0 Å². The molecule has 0 saturated carbocycles. The van der Waals surface area contributed by atoms with Crippen LogP contribution in [0.25, 0.3) is 0 Å². The van der Waals surface area contributed by atoms with E-state index in [4.69, 9.17) is 9.47 Å². The van der Waals surface area contributed by atoms with Crippen molar-refractivity contribution >= 4 is 17.3 Å². The molecule has 0 aromatic heterocycles. The van der Waals surface area contributed by atoms with Gasteiger partial charge in [0, 0.05) is 35.4 Å². The first-order valence-corrected chi connectivity index (χ1v) is 8.70. The first-order valence-electron chi connectivity index (χ1n) is 8.70. The van der Waals surface area contributed by atoms with E-state index in [-0.39, 0.29) is 11.3 Å². The third kappa shape index (κ3) is 2.87. The van der Waals surface area contributed by atoms with E-state index in [2.05, 4.69) is 44.1 Å². The van der Waals surface area contributed by atoms with Crippen LogP contribution in [0.1, 0.15) is 36.7 Å². The third-order valence-electron chi connectivity index (χ3n) is 5.60. The average molecular weight is 354 g/mol. The van der Waals surface area contributed by atoms with Gasteiger partial charge in [-0.3, -0.25) is 4.79 Å². The van der Waals surface area contributed by atoms with Crippen molar-refractivity contribution in [1.29, 1.82) is 0 Å². The Kier molecular flexibility index (Phi) is 4.57. The summed E-state index contributed by atoms with van der Waals surface area (Å²) in [5, 5.41) is 2.98. The molecule has 0 saturated heterocycles. The van der Waals surface area contributed by atoms with Gasteiger partial charge in [-0.25, -0.2) is 0 Å². The van der Waals surface area contributed by atoms with E-state index in [1.54, 1.807) is 32.4 Å². The molecule has 0 unspecified atom stereocenters. The lowest BCUT2D eigenvalue weighted by molar-refractivity contribution is 0.102. The van der Waals surface area contributed by atoms with Crippen LogP contribution in [0.15, 0.2) is 36.4 Å². The Morgan fingerprint density at radius 1 is 1.08 bits per heavy atom. The number of nitrogens with one attached hydrogen (secondary N) is 1. The van der Waals surface area contributed by atoms with Gasteiger partial charge < -0.3 is 19.7 Å². The molecule has 0 aliphatic carbocycles. The van der Waals surface area contributed by atoms with Crippen LogP contribution in [-0.4, -0.2) is 33.2 Å². The number of methoxy groups -OCH3 is 2. The molecule has 2 aromatic rings. The number of amides is 1. The second kappa shape index (κ2) is 6.56. The van der Waals surface area contributed by atoms with E-state index >= 15 is 0 Å². The van der Waals surface area contributed by atoms with E-state index in [1.165, 1.54) is 5.56 Å². The summed E-state index contributed by atoms with van der Waals surface area (Å²) in [6.45, 7) is 6.73. The average Bonchev–Trinajstić information content (AvgIpc) is 2.81. The van der Waals surface area contributed by atoms with E-state index < -0.39 is 0 Å². The molecule has 1 heterocycles. The second-order valence-corrected chi connectivity index (χ2v) is 7.26. The summed E-state index contributed by atoms with van der Waals surface area (Å²) in [6, 6.07) is 11.6. The summed E-state index contributed by atoms with van der Waals surface area (Å²) in [6.07, 6.45) is 0. The van der Waals surface area contributed by atoms with Crippen LogP contribution >= 0.6 is 0 Å². The number of nitrogens with zero attached hydrogens (tertiary/aromatic N) is 1.